The topological polar surface area (TPSA) is 78.8 Å². The molecule has 0 fully saturated rings. The maximum absolute atomic E-state index is 10.2. The van der Waals surface area contributed by atoms with Gasteiger partial charge in [0.1, 0.15) is 7.05 Å². The molecule has 0 radical (unpaired) electrons. The molecule has 0 saturated heterocycles. The predicted molar refractivity (Wildman–Crippen MR) is 43.4 cm³/mol. The Labute approximate surface area is 100 Å². The van der Waals surface area contributed by atoms with Gasteiger partial charge in [-0.25, -0.2) is 0 Å². The largest absolute Gasteiger partial charge is 1.00 e. The first-order valence-electron chi connectivity index (χ1n) is 3.85. The van der Waals surface area contributed by atoms with Gasteiger partial charge in [0.05, 0.1) is 6.54 Å². The molecule has 1 unspecified atom stereocenters. The minimum Gasteiger partial charge on any atom is -0.738 e. The van der Waals surface area contributed by atoms with Gasteiger partial charge in [-0.15, -0.1) is 5.01 Å². The number of unbranched alkanes of at least 4 members (excludes halogenated alkanes) is 1. The molecule has 0 saturated carbocycles. The van der Waals surface area contributed by atoms with Gasteiger partial charge in [0.15, 0.2) is 0 Å². The molecule has 13 heavy (non-hydrogen) atoms. The summed E-state index contributed by atoms with van der Waals surface area (Å²) in [4.78, 5) is -0.884. The van der Waals surface area contributed by atoms with Crippen molar-refractivity contribution in [2.24, 2.45) is 0 Å². The van der Waals surface area contributed by atoms with Crippen molar-refractivity contribution < 1.29 is 44.7 Å². The van der Waals surface area contributed by atoms with Crippen molar-refractivity contribution in [2.75, 3.05) is 27.2 Å². The molecular weight excluding hydrogens is 185 g/mol. The fourth-order valence-electron chi connectivity index (χ4n) is 0.717. The number of hydrogen-bond acceptors (Lipinski definition) is 5. The normalized spacial score (nSPS) is 15.2. The third-order valence-corrected chi connectivity index (χ3v) is 1.73. The molecule has 3 N–H and O–H groups in total. The van der Waals surface area contributed by atoms with E-state index >= 15 is 0 Å². The standard InChI is InChI=1S/C6H17N3O3.Na/c1-8(5-3-4-6-10)9(2,12)7-11;/h7,10,12H,3-6H2,1-2H3;/q;+1. The van der Waals surface area contributed by atoms with Crippen LogP contribution in [0.1, 0.15) is 12.8 Å². The minimum absolute atomic E-state index is 0. The molecule has 1 atom stereocenters. The maximum atomic E-state index is 10.2. The zero-order valence-electron chi connectivity index (χ0n) is 8.53. The van der Waals surface area contributed by atoms with Gasteiger partial charge in [-0.1, -0.05) is 0 Å². The molecule has 0 aromatic carbocycles. The Morgan fingerprint density at radius 1 is 1.46 bits per heavy atom. The van der Waals surface area contributed by atoms with E-state index in [-0.39, 0.29) is 36.2 Å². The van der Waals surface area contributed by atoms with E-state index < -0.39 is 4.86 Å². The minimum atomic E-state index is -0.884. The molecule has 0 aromatic heterocycles. The molecule has 0 aliphatic heterocycles. The maximum Gasteiger partial charge on any atom is 1.00 e. The first-order valence-corrected chi connectivity index (χ1v) is 3.85. The summed E-state index contributed by atoms with van der Waals surface area (Å²) in [6, 6.07) is 0. The first kappa shape index (κ1) is 16.2. The van der Waals surface area contributed by atoms with Gasteiger partial charge >= 0.3 is 29.6 Å². The van der Waals surface area contributed by atoms with E-state index in [1.165, 1.54) is 17.6 Å². The van der Waals surface area contributed by atoms with Crippen LogP contribution in [-0.4, -0.2) is 47.4 Å². The molecule has 7 heteroatoms. The Balaban J connectivity index is 0. The van der Waals surface area contributed by atoms with E-state index in [2.05, 4.69) is 0 Å². The fraction of sp³-hybridized carbons (Fsp3) is 1.00. The third-order valence-electron chi connectivity index (χ3n) is 1.73. The molecule has 0 aromatic rings. The van der Waals surface area contributed by atoms with Gasteiger partial charge < -0.3 is 10.3 Å². The predicted octanol–water partition coefficient (Wildman–Crippen LogP) is -3.55. The SMILES string of the molecule is CN(CCCCO)[N+](C)(O)N[O-].[Na+]. The van der Waals surface area contributed by atoms with Crippen molar-refractivity contribution in [1.82, 2.24) is 10.6 Å². The van der Waals surface area contributed by atoms with Crippen molar-refractivity contribution in [3.63, 3.8) is 0 Å². The Hall–Kier alpha value is 0.760. The fourth-order valence-corrected chi connectivity index (χ4v) is 0.717. The molecule has 0 heterocycles. The van der Waals surface area contributed by atoms with E-state index in [4.69, 9.17) is 5.11 Å². The van der Waals surface area contributed by atoms with Crippen LogP contribution in [0.3, 0.4) is 0 Å². The average Bonchev–Trinajstić information content (AvgIpc) is 2.05. The van der Waals surface area contributed by atoms with Crippen LogP contribution in [0.15, 0.2) is 0 Å². The quantitative estimate of drug-likeness (QED) is 0.180. The number of rotatable bonds is 6. The van der Waals surface area contributed by atoms with Crippen LogP contribution in [0, 0.1) is 5.21 Å². The smallest absolute Gasteiger partial charge is 0.738 e. The van der Waals surface area contributed by atoms with E-state index in [1.807, 2.05) is 0 Å². The Morgan fingerprint density at radius 3 is 2.38 bits per heavy atom. The Bertz CT molecular complexity index is 126. The van der Waals surface area contributed by atoms with Crippen molar-refractivity contribution in [2.45, 2.75) is 12.8 Å². The number of aliphatic hydroxyl groups excluding tert-OH is 1. The average molecular weight is 202 g/mol. The monoisotopic (exact) mass is 202 g/mol. The van der Waals surface area contributed by atoms with Crippen molar-refractivity contribution in [3.05, 3.63) is 5.21 Å². The molecule has 74 valence electrons. The second-order valence-electron chi connectivity index (χ2n) is 2.82. The summed E-state index contributed by atoms with van der Waals surface area (Å²) in [5, 5.41) is 29.4. The van der Waals surface area contributed by atoms with Gasteiger partial charge in [0, 0.05) is 13.7 Å². The zero-order valence-corrected chi connectivity index (χ0v) is 10.5. The van der Waals surface area contributed by atoms with Crippen molar-refractivity contribution in [1.29, 1.82) is 0 Å². The van der Waals surface area contributed by atoms with Gasteiger partial charge in [-0.3, -0.25) is 0 Å². The Morgan fingerprint density at radius 2 is 2.00 bits per heavy atom. The molecule has 0 aliphatic rings. The number of aliphatic hydroxyl groups is 1. The second kappa shape index (κ2) is 8.10. The van der Waals surface area contributed by atoms with Gasteiger partial charge in [0.25, 0.3) is 0 Å². The number of nitrogens with one attached hydrogen (secondary N) is 1. The summed E-state index contributed by atoms with van der Waals surface area (Å²) in [5.41, 5.74) is 1.47. The van der Waals surface area contributed by atoms with Crippen LogP contribution in [0.25, 0.3) is 0 Å². The van der Waals surface area contributed by atoms with Crippen LogP contribution in [0.2, 0.25) is 0 Å². The first-order chi connectivity index (χ1) is 5.54. The van der Waals surface area contributed by atoms with Gasteiger partial charge in [-0.2, -0.15) is 10.8 Å². The van der Waals surface area contributed by atoms with Crippen LogP contribution >= 0.6 is 0 Å². The van der Waals surface area contributed by atoms with Crippen molar-refractivity contribution in [3.8, 4) is 0 Å². The summed E-state index contributed by atoms with van der Waals surface area (Å²) in [6.07, 6.45) is 1.41. The van der Waals surface area contributed by atoms with Crippen LogP contribution in [0.4, 0.5) is 0 Å². The van der Waals surface area contributed by atoms with Gasteiger partial charge in [-0.05, 0) is 17.7 Å². The molecule has 0 spiro atoms. The molecular formula is C6H17N3NaO3+. The van der Waals surface area contributed by atoms with Crippen LogP contribution < -0.4 is 35.1 Å². The van der Waals surface area contributed by atoms with E-state index in [1.54, 1.807) is 7.05 Å². The van der Waals surface area contributed by atoms with E-state index in [9.17, 15) is 10.4 Å². The zero-order chi connectivity index (χ0) is 9.61. The summed E-state index contributed by atoms with van der Waals surface area (Å²) in [5.74, 6) is 0. The van der Waals surface area contributed by atoms with Crippen LogP contribution in [-0.2, 0) is 0 Å². The molecule has 0 bridgehead atoms. The number of hydrogen-bond donors (Lipinski definition) is 3. The number of nitrogens with zero attached hydrogens (tertiary/aromatic N) is 2. The molecule has 0 amide bonds. The van der Waals surface area contributed by atoms with E-state index in [0.29, 0.717) is 13.0 Å². The second-order valence-corrected chi connectivity index (χ2v) is 2.82. The Kier molecular flexibility index (Phi) is 10.1. The third kappa shape index (κ3) is 6.78. The summed E-state index contributed by atoms with van der Waals surface area (Å²) >= 11 is 0. The summed E-state index contributed by atoms with van der Waals surface area (Å²) in [6.45, 7) is 0.677. The number of hydroxylamine groups is 1. The summed E-state index contributed by atoms with van der Waals surface area (Å²) in [7, 11) is 2.94. The molecule has 6 nitrogen and oxygen atoms in total. The van der Waals surface area contributed by atoms with Crippen molar-refractivity contribution >= 4 is 0 Å². The van der Waals surface area contributed by atoms with Crippen LogP contribution in [0.5, 0.6) is 0 Å². The number of quaternary nitrogens is 1. The van der Waals surface area contributed by atoms with E-state index in [0.717, 1.165) is 6.42 Å². The van der Waals surface area contributed by atoms with Gasteiger partial charge in [0.2, 0.25) is 0 Å². The molecule has 0 rings (SSSR count). The summed E-state index contributed by atoms with van der Waals surface area (Å²) < 4.78 is 0. The molecule has 0 aliphatic carbocycles.